The van der Waals surface area contributed by atoms with Crippen LogP contribution in [0.1, 0.15) is 35.7 Å². The van der Waals surface area contributed by atoms with Gasteiger partial charge in [0.1, 0.15) is 0 Å². The van der Waals surface area contributed by atoms with Crippen LogP contribution in [-0.2, 0) is 4.74 Å². The summed E-state index contributed by atoms with van der Waals surface area (Å²) in [5.74, 6) is -0.0511. The van der Waals surface area contributed by atoms with Gasteiger partial charge in [-0.3, -0.25) is 4.79 Å². The highest BCUT2D eigenvalue weighted by atomic mass is 16.5. The second kappa shape index (κ2) is 8.53. The van der Waals surface area contributed by atoms with Crippen LogP contribution >= 0.6 is 0 Å². The second-order valence-electron chi connectivity index (χ2n) is 4.50. The van der Waals surface area contributed by atoms with Gasteiger partial charge < -0.3 is 15.4 Å². The zero-order valence-electron chi connectivity index (χ0n) is 12.1. The average molecular weight is 264 g/mol. The van der Waals surface area contributed by atoms with Gasteiger partial charge in [-0.25, -0.2) is 0 Å². The summed E-state index contributed by atoms with van der Waals surface area (Å²) in [5, 5.41) is 5.94. The van der Waals surface area contributed by atoms with Crippen LogP contribution in [-0.4, -0.2) is 32.7 Å². The Morgan fingerprint density at radius 1 is 1.32 bits per heavy atom. The smallest absolute Gasteiger partial charge is 0.251 e. The summed E-state index contributed by atoms with van der Waals surface area (Å²) in [5.41, 5.74) is 2.79. The Hall–Kier alpha value is -1.55. The zero-order chi connectivity index (χ0) is 14.1. The first-order chi connectivity index (χ1) is 9.19. The van der Waals surface area contributed by atoms with Crippen molar-refractivity contribution in [3.8, 4) is 0 Å². The number of nitrogens with one attached hydrogen (secondary N) is 2. The first-order valence-corrected chi connectivity index (χ1v) is 6.83. The summed E-state index contributed by atoms with van der Waals surface area (Å²) in [6.07, 6.45) is 2.20. The summed E-state index contributed by atoms with van der Waals surface area (Å²) in [4.78, 5) is 11.9. The van der Waals surface area contributed by atoms with E-state index in [0.29, 0.717) is 18.7 Å². The van der Waals surface area contributed by atoms with E-state index < -0.39 is 0 Å². The maximum atomic E-state index is 11.9. The van der Waals surface area contributed by atoms with Gasteiger partial charge in [-0.2, -0.15) is 0 Å². The molecule has 0 saturated heterocycles. The minimum atomic E-state index is -0.0511. The van der Waals surface area contributed by atoms with Crippen molar-refractivity contribution in [3.05, 3.63) is 29.3 Å². The Morgan fingerprint density at radius 2 is 2.11 bits per heavy atom. The Morgan fingerprint density at radius 3 is 2.74 bits per heavy atom. The molecule has 0 aliphatic carbocycles. The van der Waals surface area contributed by atoms with Gasteiger partial charge in [0.15, 0.2) is 0 Å². The number of benzene rings is 1. The van der Waals surface area contributed by atoms with Crippen LogP contribution in [0, 0.1) is 6.92 Å². The maximum absolute atomic E-state index is 11.9. The highest BCUT2D eigenvalue weighted by Crippen LogP contribution is 2.15. The average Bonchev–Trinajstić information content (AvgIpc) is 2.42. The summed E-state index contributed by atoms with van der Waals surface area (Å²) >= 11 is 0. The summed E-state index contributed by atoms with van der Waals surface area (Å²) < 4.78 is 5.40. The Labute approximate surface area is 115 Å². The number of hydrogen-bond acceptors (Lipinski definition) is 3. The van der Waals surface area contributed by atoms with Gasteiger partial charge in [-0.05, 0) is 37.1 Å². The van der Waals surface area contributed by atoms with Gasteiger partial charge >= 0.3 is 0 Å². The summed E-state index contributed by atoms with van der Waals surface area (Å²) in [7, 11) is 1.87. The van der Waals surface area contributed by atoms with E-state index in [0.717, 1.165) is 30.7 Å². The van der Waals surface area contributed by atoms with Gasteiger partial charge in [0.25, 0.3) is 5.91 Å². The predicted octanol–water partition coefficient (Wildman–Crippen LogP) is 2.58. The number of anilines is 1. The number of carbonyl (C=O) groups is 1. The van der Waals surface area contributed by atoms with Crippen LogP contribution in [0.3, 0.4) is 0 Å². The van der Waals surface area contributed by atoms with E-state index in [1.165, 1.54) is 0 Å². The molecule has 19 heavy (non-hydrogen) atoms. The lowest BCUT2D eigenvalue weighted by Crippen LogP contribution is -2.27. The fourth-order valence-electron chi connectivity index (χ4n) is 1.77. The van der Waals surface area contributed by atoms with Crippen LogP contribution in [0.5, 0.6) is 0 Å². The first kappa shape index (κ1) is 15.5. The third-order valence-corrected chi connectivity index (χ3v) is 2.93. The Bertz CT molecular complexity index is 405. The standard InChI is InChI=1S/C15H24N2O2/c1-4-5-9-19-10-8-17-15(18)13-6-7-14(16-3)12(2)11-13/h6-7,11,16H,4-5,8-10H2,1-3H3,(H,17,18). The van der Waals surface area contributed by atoms with E-state index in [9.17, 15) is 4.79 Å². The normalized spacial score (nSPS) is 10.3. The molecule has 1 amide bonds. The number of aryl methyl sites for hydroxylation is 1. The molecule has 0 radical (unpaired) electrons. The van der Waals surface area contributed by atoms with Crippen molar-refractivity contribution in [1.29, 1.82) is 0 Å². The van der Waals surface area contributed by atoms with E-state index in [1.54, 1.807) is 0 Å². The minimum absolute atomic E-state index is 0.0511. The molecule has 4 heteroatoms. The van der Waals surface area contributed by atoms with E-state index in [4.69, 9.17) is 4.74 Å². The maximum Gasteiger partial charge on any atom is 0.251 e. The van der Waals surface area contributed by atoms with Crippen molar-refractivity contribution in [2.45, 2.75) is 26.7 Å². The van der Waals surface area contributed by atoms with E-state index in [2.05, 4.69) is 17.6 Å². The van der Waals surface area contributed by atoms with Gasteiger partial charge in [0, 0.05) is 31.5 Å². The monoisotopic (exact) mass is 264 g/mol. The number of rotatable bonds is 8. The lowest BCUT2D eigenvalue weighted by molar-refractivity contribution is 0.0912. The number of unbranched alkanes of at least 4 members (excludes halogenated alkanes) is 1. The van der Waals surface area contributed by atoms with Crippen molar-refractivity contribution in [2.24, 2.45) is 0 Å². The van der Waals surface area contributed by atoms with Crippen molar-refractivity contribution in [1.82, 2.24) is 5.32 Å². The molecule has 0 aromatic heterocycles. The largest absolute Gasteiger partial charge is 0.388 e. The zero-order valence-corrected chi connectivity index (χ0v) is 12.1. The summed E-state index contributed by atoms with van der Waals surface area (Å²) in [6, 6.07) is 5.63. The first-order valence-electron chi connectivity index (χ1n) is 6.83. The number of carbonyl (C=O) groups excluding carboxylic acids is 1. The Balaban J connectivity index is 2.35. The molecule has 0 saturated carbocycles. The highest BCUT2D eigenvalue weighted by Gasteiger charge is 2.06. The van der Waals surface area contributed by atoms with E-state index in [1.807, 2.05) is 32.2 Å². The molecule has 4 nitrogen and oxygen atoms in total. The van der Waals surface area contributed by atoms with E-state index >= 15 is 0 Å². The molecule has 1 aromatic rings. The van der Waals surface area contributed by atoms with Crippen molar-refractivity contribution in [2.75, 3.05) is 32.1 Å². The fraction of sp³-hybridized carbons (Fsp3) is 0.533. The molecule has 0 atom stereocenters. The molecular formula is C15H24N2O2. The molecule has 1 aromatic carbocycles. The predicted molar refractivity (Wildman–Crippen MR) is 78.8 cm³/mol. The minimum Gasteiger partial charge on any atom is -0.388 e. The topological polar surface area (TPSA) is 50.4 Å². The van der Waals surface area contributed by atoms with Crippen molar-refractivity contribution < 1.29 is 9.53 Å². The molecule has 0 heterocycles. The summed E-state index contributed by atoms with van der Waals surface area (Å²) in [6.45, 7) is 6.00. The van der Waals surface area contributed by atoms with Crippen LogP contribution in [0.4, 0.5) is 5.69 Å². The molecule has 0 spiro atoms. The lowest BCUT2D eigenvalue weighted by atomic mass is 10.1. The molecular weight excluding hydrogens is 240 g/mol. The van der Waals surface area contributed by atoms with Crippen LogP contribution in [0.25, 0.3) is 0 Å². The Kier molecular flexibility index (Phi) is 6.97. The van der Waals surface area contributed by atoms with Crippen LogP contribution in [0.15, 0.2) is 18.2 Å². The van der Waals surface area contributed by atoms with Gasteiger partial charge in [0.2, 0.25) is 0 Å². The molecule has 0 fully saturated rings. The fourth-order valence-corrected chi connectivity index (χ4v) is 1.77. The molecule has 1 rings (SSSR count). The molecule has 0 aliphatic heterocycles. The number of hydrogen-bond donors (Lipinski definition) is 2. The quantitative estimate of drug-likeness (QED) is 0.710. The third-order valence-electron chi connectivity index (χ3n) is 2.93. The van der Waals surface area contributed by atoms with E-state index in [-0.39, 0.29) is 5.91 Å². The number of amides is 1. The molecule has 2 N–H and O–H groups in total. The van der Waals surface area contributed by atoms with Gasteiger partial charge in [-0.15, -0.1) is 0 Å². The van der Waals surface area contributed by atoms with Crippen molar-refractivity contribution in [3.63, 3.8) is 0 Å². The highest BCUT2D eigenvalue weighted by molar-refractivity contribution is 5.94. The van der Waals surface area contributed by atoms with Gasteiger partial charge in [0.05, 0.1) is 6.61 Å². The van der Waals surface area contributed by atoms with Gasteiger partial charge in [-0.1, -0.05) is 13.3 Å². The van der Waals surface area contributed by atoms with Crippen molar-refractivity contribution >= 4 is 11.6 Å². The van der Waals surface area contributed by atoms with Crippen LogP contribution < -0.4 is 10.6 Å². The van der Waals surface area contributed by atoms with Crippen LogP contribution in [0.2, 0.25) is 0 Å². The number of ether oxygens (including phenoxy) is 1. The molecule has 0 aliphatic rings. The third kappa shape index (κ3) is 5.30. The molecule has 0 bridgehead atoms. The lowest BCUT2D eigenvalue weighted by Gasteiger charge is -2.09. The molecule has 106 valence electrons. The molecule has 0 unspecified atom stereocenters. The second-order valence-corrected chi connectivity index (χ2v) is 4.50. The SMILES string of the molecule is CCCCOCCNC(=O)c1ccc(NC)c(C)c1.